The predicted octanol–water partition coefficient (Wildman–Crippen LogP) is 3.44. The van der Waals surface area contributed by atoms with E-state index in [9.17, 15) is 9.59 Å². The van der Waals surface area contributed by atoms with Gasteiger partial charge in [-0.15, -0.1) is 0 Å². The fourth-order valence-corrected chi connectivity index (χ4v) is 3.66. The summed E-state index contributed by atoms with van der Waals surface area (Å²) in [5.74, 6) is 0.323. The Labute approximate surface area is 155 Å². The van der Waals surface area contributed by atoms with E-state index in [4.69, 9.17) is 0 Å². The van der Waals surface area contributed by atoms with Gasteiger partial charge in [0, 0.05) is 18.7 Å². The van der Waals surface area contributed by atoms with Crippen molar-refractivity contribution in [3.05, 3.63) is 70.8 Å². The van der Waals surface area contributed by atoms with Crippen LogP contribution in [0.2, 0.25) is 0 Å². The molecule has 0 atom stereocenters. The van der Waals surface area contributed by atoms with E-state index in [0.717, 1.165) is 37.1 Å². The number of hydrogen-bond acceptors (Lipinski definition) is 2. The molecule has 1 heterocycles. The Hall–Kier alpha value is -2.62. The van der Waals surface area contributed by atoms with Crippen LogP contribution in [0.3, 0.4) is 0 Å². The van der Waals surface area contributed by atoms with Gasteiger partial charge in [0.15, 0.2) is 0 Å². The van der Waals surface area contributed by atoms with Crippen LogP contribution in [0.1, 0.15) is 45.8 Å². The Balaban J connectivity index is 1.49. The number of piperidine rings is 1. The Morgan fingerprint density at radius 3 is 2.23 bits per heavy atom. The molecule has 1 N–H and O–H groups in total. The van der Waals surface area contributed by atoms with E-state index >= 15 is 0 Å². The molecule has 1 fully saturated rings. The maximum atomic E-state index is 12.4. The van der Waals surface area contributed by atoms with Crippen LogP contribution in [0.25, 0.3) is 0 Å². The number of nitrogens with one attached hydrogen (secondary N) is 1. The lowest BCUT2D eigenvalue weighted by atomic mass is 9.89. The van der Waals surface area contributed by atoms with Gasteiger partial charge in [-0.25, -0.2) is 0 Å². The van der Waals surface area contributed by atoms with Crippen LogP contribution in [0.5, 0.6) is 0 Å². The highest BCUT2D eigenvalue weighted by Gasteiger charge is 2.23. The van der Waals surface area contributed by atoms with Gasteiger partial charge < -0.3 is 10.2 Å². The van der Waals surface area contributed by atoms with E-state index in [0.29, 0.717) is 11.5 Å². The van der Waals surface area contributed by atoms with Crippen LogP contribution in [-0.4, -0.2) is 36.3 Å². The van der Waals surface area contributed by atoms with Crippen LogP contribution < -0.4 is 5.32 Å². The van der Waals surface area contributed by atoms with Crippen LogP contribution in [-0.2, 0) is 4.79 Å². The summed E-state index contributed by atoms with van der Waals surface area (Å²) < 4.78 is 0. The second-order valence-corrected chi connectivity index (χ2v) is 7.12. The first kappa shape index (κ1) is 18.2. The van der Waals surface area contributed by atoms with Crippen molar-refractivity contribution in [3.63, 3.8) is 0 Å². The molecular formula is C22H26N2O2. The second-order valence-electron chi connectivity index (χ2n) is 7.12. The lowest BCUT2D eigenvalue weighted by Gasteiger charge is -2.32. The normalized spacial score (nSPS) is 14.9. The third kappa shape index (κ3) is 4.51. The van der Waals surface area contributed by atoms with E-state index in [2.05, 4.69) is 29.6 Å². The highest BCUT2D eigenvalue weighted by atomic mass is 16.2. The summed E-state index contributed by atoms with van der Waals surface area (Å²) in [6.07, 6.45) is 1.95. The van der Waals surface area contributed by atoms with E-state index in [1.807, 2.05) is 43.0 Å². The Kier molecular flexibility index (Phi) is 5.71. The van der Waals surface area contributed by atoms with Gasteiger partial charge in [-0.1, -0.05) is 47.5 Å². The fourth-order valence-electron chi connectivity index (χ4n) is 3.66. The van der Waals surface area contributed by atoms with Gasteiger partial charge >= 0.3 is 0 Å². The molecule has 0 bridgehead atoms. The molecule has 26 heavy (non-hydrogen) atoms. The summed E-state index contributed by atoms with van der Waals surface area (Å²) in [6.45, 7) is 5.48. The summed E-state index contributed by atoms with van der Waals surface area (Å²) in [6, 6.07) is 16.2. The van der Waals surface area contributed by atoms with E-state index in [-0.39, 0.29) is 18.4 Å². The number of nitrogens with zero attached hydrogens (tertiary/aromatic N) is 1. The zero-order chi connectivity index (χ0) is 18.5. The van der Waals surface area contributed by atoms with Crippen molar-refractivity contribution in [1.82, 2.24) is 10.2 Å². The lowest BCUT2D eigenvalue weighted by molar-refractivity contribution is -0.131. The predicted molar refractivity (Wildman–Crippen MR) is 103 cm³/mol. The molecule has 0 unspecified atom stereocenters. The number of aryl methyl sites for hydroxylation is 2. The SMILES string of the molecule is Cc1cc(C)cc(C(=O)NCC(=O)N2CCC(c3ccccc3)CC2)c1. The molecular weight excluding hydrogens is 324 g/mol. The number of rotatable bonds is 4. The van der Waals surface area contributed by atoms with Crippen molar-refractivity contribution >= 4 is 11.8 Å². The van der Waals surface area contributed by atoms with Crippen molar-refractivity contribution < 1.29 is 9.59 Å². The topological polar surface area (TPSA) is 49.4 Å². The van der Waals surface area contributed by atoms with E-state index in [1.54, 1.807) is 0 Å². The molecule has 0 aromatic heterocycles. The van der Waals surface area contributed by atoms with Crippen molar-refractivity contribution in [3.8, 4) is 0 Å². The molecule has 1 aliphatic rings. The Bertz CT molecular complexity index is 758. The van der Waals surface area contributed by atoms with Gasteiger partial charge in [0.2, 0.25) is 5.91 Å². The summed E-state index contributed by atoms with van der Waals surface area (Å²) in [5, 5.41) is 2.76. The summed E-state index contributed by atoms with van der Waals surface area (Å²) >= 11 is 0. The van der Waals surface area contributed by atoms with Gasteiger partial charge in [-0.05, 0) is 50.3 Å². The van der Waals surface area contributed by atoms with Crippen molar-refractivity contribution in [1.29, 1.82) is 0 Å². The maximum absolute atomic E-state index is 12.4. The minimum atomic E-state index is -0.190. The monoisotopic (exact) mass is 350 g/mol. The average Bonchev–Trinajstić information content (AvgIpc) is 2.66. The number of hydrogen-bond donors (Lipinski definition) is 1. The maximum Gasteiger partial charge on any atom is 0.251 e. The molecule has 1 saturated heterocycles. The summed E-state index contributed by atoms with van der Waals surface area (Å²) in [5.41, 5.74) is 4.05. The first-order chi connectivity index (χ1) is 12.5. The van der Waals surface area contributed by atoms with Crippen LogP contribution in [0.15, 0.2) is 48.5 Å². The van der Waals surface area contributed by atoms with E-state index < -0.39 is 0 Å². The first-order valence-electron chi connectivity index (χ1n) is 9.22. The van der Waals surface area contributed by atoms with Crippen molar-refractivity contribution in [2.45, 2.75) is 32.6 Å². The largest absolute Gasteiger partial charge is 0.343 e. The summed E-state index contributed by atoms with van der Waals surface area (Å²) in [7, 11) is 0. The molecule has 3 rings (SSSR count). The minimum Gasteiger partial charge on any atom is -0.343 e. The molecule has 4 nitrogen and oxygen atoms in total. The molecule has 2 amide bonds. The molecule has 136 valence electrons. The van der Waals surface area contributed by atoms with Crippen LogP contribution in [0, 0.1) is 13.8 Å². The van der Waals surface area contributed by atoms with Gasteiger partial charge in [0.1, 0.15) is 0 Å². The number of carbonyl (C=O) groups excluding carboxylic acids is 2. The van der Waals surface area contributed by atoms with Gasteiger partial charge in [0.25, 0.3) is 5.91 Å². The van der Waals surface area contributed by atoms with E-state index in [1.165, 1.54) is 5.56 Å². The number of likely N-dealkylation sites (tertiary alicyclic amines) is 1. The third-order valence-electron chi connectivity index (χ3n) is 5.00. The zero-order valence-corrected chi connectivity index (χ0v) is 15.5. The number of amides is 2. The van der Waals surface area contributed by atoms with Gasteiger partial charge in [-0.2, -0.15) is 0 Å². The minimum absolute atomic E-state index is 0.00534. The molecule has 2 aromatic carbocycles. The molecule has 1 aliphatic heterocycles. The Morgan fingerprint density at radius 2 is 1.62 bits per heavy atom. The summed E-state index contributed by atoms with van der Waals surface area (Å²) in [4.78, 5) is 26.6. The molecule has 0 radical (unpaired) electrons. The molecule has 0 aliphatic carbocycles. The van der Waals surface area contributed by atoms with Crippen molar-refractivity contribution in [2.75, 3.05) is 19.6 Å². The van der Waals surface area contributed by atoms with Crippen LogP contribution >= 0.6 is 0 Å². The quantitative estimate of drug-likeness (QED) is 0.918. The third-order valence-corrected chi connectivity index (χ3v) is 5.00. The molecule has 4 heteroatoms. The highest BCUT2D eigenvalue weighted by molar-refractivity contribution is 5.96. The average molecular weight is 350 g/mol. The standard InChI is InChI=1S/C22H26N2O2/c1-16-12-17(2)14-20(13-16)22(26)23-15-21(25)24-10-8-19(9-11-24)18-6-4-3-5-7-18/h3-7,12-14,19H,8-11,15H2,1-2H3,(H,23,26). The zero-order valence-electron chi connectivity index (χ0n) is 15.5. The van der Waals surface area contributed by atoms with Gasteiger partial charge in [-0.3, -0.25) is 9.59 Å². The second kappa shape index (κ2) is 8.17. The van der Waals surface area contributed by atoms with Crippen LogP contribution in [0.4, 0.5) is 0 Å². The molecule has 0 saturated carbocycles. The van der Waals surface area contributed by atoms with Gasteiger partial charge in [0.05, 0.1) is 6.54 Å². The number of benzene rings is 2. The number of carbonyl (C=O) groups is 2. The molecule has 2 aromatic rings. The smallest absolute Gasteiger partial charge is 0.251 e. The lowest BCUT2D eigenvalue weighted by Crippen LogP contribution is -2.43. The van der Waals surface area contributed by atoms with Crippen molar-refractivity contribution in [2.24, 2.45) is 0 Å². The first-order valence-corrected chi connectivity index (χ1v) is 9.22. The highest BCUT2D eigenvalue weighted by Crippen LogP contribution is 2.27. The Morgan fingerprint density at radius 1 is 1.00 bits per heavy atom. The molecule has 0 spiro atoms. The fraction of sp³-hybridized carbons (Fsp3) is 0.364.